The average molecular weight is 374 g/mol. The molecule has 0 radical (unpaired) electrons. The molecule has 6 heteroatoms. The van der Waals surface area contributed by atoms with Crippen molar-refractivity contribution in [3.63, 3.8) is 0 Å². The van der Waals surface area contributed by atoms with Crippen LogP contribution in [0.15, 0.2) is 35.3 Å². The van der Waals surface area contributed by atoms with Gasteiger partial charge in [-0.3, -0.25) is 14.7 Å². The molecule has 0 bridgehead atoms. The molecule has 1 amide bonds. The highest BCUT2D eigenvalue weighted by molar-refractivity contribution is 5.80. The van der Waals surface area contributed by atoms with E-state index in [0.717, 1.165) is 45.0 Å². The third-order valence-electron chi connectivity index (χ3n) is 5.29. The van der Waals surface area contributed by atoms with Crippen molar-refractivity contribution in [2.75, 3.05) is 33.7 Å². The van der Waals surface area contributed by atoms with Gasteiger partial charge in [0, 0.05) is 51.7 Å². The lowest BCUT2D eigenvalue weighted by molar-refractivity contribution is -0.129. The molecule has 0 saturated carbocycles. The fourth-order valence-electron chi connectivity index (χ4n) is 3.36. The Labute approximate surface area is 164 Å². The third kappa shape index (κ3) is 6.86. The molecule has 27 heavy (non-hydrogen) atoms. The number of rotatable bonds is 8. The summed E-state index contributed by atoms with van der Waals surface area (Å²) in [5.41, 5.74) is 1.34. The normalized spacial score (nSPS) is 18.6. The molecule has 1 aromatic carbocycles. The van der Waals surface area contributed by atoms with Crippen LogP contribution in [0.5, 0.6) is 0 Å². The number of hydrogen-bond acceptors (Lipinski definition) is 3. The zero-order valence-electron chi connectivity index (χ0n) is 17.2. The molecule has 150 valence electrons. The van der Waals surface area contributed by atoms with E-state index in [9.17, 15) is 4.79 Å². The van der Waals surface area contributed by atoms with Gasteiger partial charge in [-0.15, -0.1) is 0 Å². The Morgan fingerprint density at radius 2 is 2.11 bits per heavy atom. The van der Waals surface area contributed by atoms with Gasteiger partial charge in [0.1, 0.15) is 0 Å². The van der Waals surface area contributed by atoms with Gasteiger partial charge < -0.3 is 15.5 Å². The smallest absolute Gasteiger partial charge is 0.222 e. The number of aliphatic imine (C=N–C) groups is 1. The van der Waals surface area contributed by atoms with Crippen LogP contribution < -0.4 is 10.6 Å². The maximum atomic E-state index is 11.8. The summed E-state index contributed by atoms with van der Waals surface area (Å²) in [5, 5.41) is 6.86. The number of nitrogens with zero attached hydrogens (tertiary/aromatic N) is 3. The molecule has 0 aromatic heterocycles. The van der Waals surface area contributed by atoms with Gasteiger partial charge in [-0.1, -0.05) is 37.3 Å². The number of carbonyl (C=O) groups is 1. The highest BCUT2D eigenvalue weighted by Crippen LogP contribution is 2.10. The second-order valence-electron chi connectivity index (χ2n) is 7.36. The van der Waals surface area contributed by atoms with Crippen molar-refractivity contribution >= 4 is 11.9 Å². The van der Waals surface area contributed by atoms with E-state index < -0.39 is 0 Å². The quantitative estimate of drug-likeness (QED) is 0.541. The maximum Gasteiger partial charge on any atom is 0.222 e. The Morgan fingerprint density at radius 3 is 2.78 bits per heavy atom. The molecule has 1 saturated heterocycles. The van der Waals surface area contributed by atoms with Gasteiger partial charge in [0.15, 0.2) is 5.96 Å². The first-order valence-corrected chi connectivity index (χ1v) is 10.0. The second-order valence-corrected chi connectivity index (χ2v) is 7.36. The molecule has 0 spiro atoms. The van der Waals surface area contributed by atoms with Crippen LogP contribution in [0, 0.1) is 0 Å². The van der Waals surface area contributed by atoms with Crippen molar-refractivity contribution in [3.8, 4) is 0 Å². The van der Waals surface area contributed by atoms with E-state index in [4.69, 9.17) is 0 Å². The zero-order chi connectivity index (χ0) is 19.6. The molecular weight excluding hydrogens is 338 g/mol. The highest BCUT2D eigenvalue weighted by Gasteiger charge is 2.25. The Hall–Kier alpha value is -2.08. The minimum Gasteiger partial charge on any atom is -0.356 e. The van der Waals surface area contributed by atoms with Crippen molar-refractivity contribution < 1.29 is 4.79 Å². The molecule has 2 atom stereocenters. The van der Waals surface area contributed by atoms with Crippen molar-refractivity contribution in [1.29, 1.82) is 0 Å². The van der Waals surface area contributed by atoms with Crippen LogP contribution in [0.2, 0.25) is 0 Å². The van der Waals surface area contributed by atoms with Crippen LogP contribution in [-0.4, -0.2) is 67.5 Å². The SMILES string of the molecule is CCC(=O)N1CCC(NC(=NC)NCCC(C)N(C)Cc2ccccc2)C1. The molecular formula is C21H35N5O. The maximum absolute atomic E-state index is 11.8. The van der Waals surface area contributed by atoms with Crippen molar-refractivity contribution in [2.45, 2.75) is 51.7 Å². The molecule has 0 aliphatic carbocycles. The minimum absolute atomic E-state index is 0.234. The second kappa shape index (κ2) is 10.9. The summed E-state index contributed by atoms with van der Waals surface area (Å²) in [5.74, 6) is 1.06. The molecule has 1 aliphatic rings. The summed E-state index contributed by atoms with van der Waals surface area (Å²) in [7, 11) is 3.97. The lowest BCUT2D eigenvalue weighted by Gasteiger charge is -2.25. The number of amides is 1. The molecule has 6 nitrogen and oxygen atoms in total. The topological polar surface area (TPSA) is 60.0 Å². The number of guanidine groups is 1. The number of carbonyl (C=O) groups excluding carboxylic acids is 1. The van der Waals surface area contributed by atoms with E-state index in [-0.39, 0.29) is 11.9 Å². The summed E-state index contributed by atoms with van der Waals surface area (Å²) in [4.78, 5) is 20.4. The summed E-state index contributed by atoms with van der Waals surface area (Å²) < 4.78 is 0. The Balaban J connectivity index is 1.69. The molecule has 1 aliphatic heterocycles. The molecule has 2 rings (SSSR count). The predicted octanol–water partition coefficient (Wildman–Crippen LogP) is 2.07. The van der Waals surface area contributed by atoms with Crippen molar-refractivity contribution in [3.05, 3.63) is 35.9 Å². The van der Waals surface area contributed by atoms with E-state index in [1.165, 1.54) is 5.56 Å². The van der Waals surface area contributed by atoms with Gasteiger partial charge in [-0.2, -0.15) is 0 Å². The van der Waals surface area contributed by atoms with E-state index in [2.05, 4.69) is 64.8 Å². The first kappa shape index (κ1) is 21.2. The van der Waals surface area contributed by atoms with Gasteiger partial charge in [0.05, 0.1) is 0 Å². The van der Waals surface area contributed by atoms with E-state index in [0.29, 0.717) is 12.5 Å². The minimum atomic E-state index is 0.234. The van der Waals surface area contributed by atoms with Crippen LogP contribution >= 0.6 is 0 Å². The third-order valence-corrected chi connectivity index (χ3v) is 5.29. The highest BCUT2D eigenvalue weighted by atomic mass is 16.2. The summed E-state index contributed by atoms with van der Waals surface area (Å²) >= 11 is 0. The zero-order valence-corrected chi connectivity index (χ0v) is 17.2. The van der Waals surface area contributed by atoms with Gasteiger partial charge >= 0.3 is 0 Å². The molecule has 1 fully saturated rings. The van der Waals surface area contributed by atoms with Crippen LogP contribution in [-0.2, 0) is 11.3 Å². The van der Waals surface area contributed by atoms with Gasteiger partial charge in [-0.05, 0) is 32.4 Å². The van der Waals surface area contributed by atoms with Crippen LogP contribution in [0.3, 0.4) is 0 Å². The largest absolute Gasteiger partial charge is 0.356 e. The molecule has 1 aromatic rings. The predicted molar refractivity (Wildman–Crippen MR) is 112 cm³/mol. The summed E-state index contributed by atoms with van der Waals surface area (Å²) in [6, 6.07) is 11.3. The van der Waals surface area contributed by atoms with Gasteiger partial charge in [0.2, 0.25) is 5.91 Å². The summed E-state index contributed by atoms with van der Waals surface area (Å²) in [6.07, 6.45) is 2.59. The van der Waals surface area contributed by atoms with Crippen molar-refractivity contribution in [1.82, 2.24) is 20.4 Å². The Morgan fingerprint density at radius 1 is 1.37 bits per heavy atom. The Bertz CT molecular complexity index is 604. The first-order valence-electron chi connectivity index (χ1n) is 10.0. The fourth-order valence-corrected chi connectivity index (χ4v) is 3.36. The first-order chi connectivity index (χ1) is 13.0. The van der Waals surface area contributed by atoms with Gasteiger partial charge in [-0.25, -0.2) is 0 Å². The summed E-state index contributed by atoms with van der Waals surface area (Å²) in [6.45, 7) is 7.60. The van der Waals surface area contributed by atoms with Crippen LogP contribution in [0.25, 0.3) is 0 Å². The molecule has 2 unspecified atom stereocenters. The number of likely N-dealkylation sites (tertiary alicyclic amines) is 1. The van der Waals surface area contributed by atoms with Gasteiger partial charge in [0.25, 0.3) is 0 Å². The monoisotopic (exact) mass is 373 g/mol. The van der Waals surface area contributed by atoms with E-state index in [1.54, 1.807) is 7.05 Å². The van der Waals surface area contributed by atoms with E-state index in [1.807, 2.05) is 11.8 Å². The lowest BCUT2D eigenvalue weighted by Crippen LogP contribution is -2.46. The fraction of sp³-hybridized carbons (Fsp3) is 0.619. The molecule has 2 N–H and O–H groups in total. The van der Waals surface area contributed by atoms with Crippen LogP contribution in [0.1, 0.15) is 38.7 Å². The molecule has 1 heterocycles. The number of hydrogen-bond donors (Lipinski definition) is 2. The number of nitrogens with one attached hydrogen (secondary N) is 2. The number of benzene rings is 1. The Kier molecular flexibility index (Phi) is 8.58. The van der Waals surface area contributed by atoms with Crippen molar-refractivity contribution in [2.24, 2.45) is 4.99 Å². The average Bonchev–Trinajstić information content (AvgIpc) is 3.15. The lowest BCUT2D eigenvalue weighted by atomic mass is 10.1. The van der Waals surface area contributed by atoms with Crippen LogP contribution in [0.4, 0.5) is 0 Å². The standard InChI is InChI=1S/C21H35N5O/c1-5-20(27)26-14-12-19(16-26)24-21(22-3)23-13-11-17(2)25(4)15-18-9-7-6-8-10-18/h6-10,17,19H,5,11-16H2,1-4H3,(H2,22,23,24). The van der Waals surface area contributed by atoms with E-state index >= 15 is 0 Å².